The van der Waals surface area contributed by atoms with E-state index in [0.717, 1.165) is 25.0 Å². The molecule has 1 N–H and O–H groups in total. The third kappa shape index (κ3) is 6.08. The van der Waals surface area contributed by atoms with E-state index < -0.39 is 71.3 Å². The number of hydrogen-bond donors (Lipinski definition) is 1. The molecule has 0 radical (unpaired) electrons. The second kappa shape index (κ2) is 11.4. The molecular weight excluding hydrogens is 589 g/mol. The molecule has 0 spiro atoms. The van der Waals surface area contributed by atoms with Crippen molar-refractivity contribution in [2.75, 3.05) is 6.54 Å². The van der Waals surface area contributed by atoms with E-state index in [-0.39, 0.29) is 41.8 Å². The number of alkyl halides is 2. The molecule has 2 aromatic rings. The predicted molar refractivity (Wildman–Crippen MR) is 158 cm³/mol. The Hall–Kier alpha value is -3.44. The van der Waals surface area contributed by atoms with Crippen molar-refractivity contribution in [3.8, 4) is 5.88 Å². The molecule has 8 atom stereocenters. The van der Waals surface area contributed by atoms with Gasteiger partial charge in [-0.3, -0.25) is 9.59 Å². The fourth-order valence-electron chi connectivity index (χ4n) is 7.70. The van der Waals surface area contributed by atoms with E-state index in [9.17, 15) is 18.8 Å². The lowest BCUT2D eigenvalue weighted by molar-refractivity contribution is -0.141. The van der Waals surface area contributed by atoms with Gasteiger partial charge in [0.25, 0.3) is 5.92 Å². The minimum absolute atomic E-state index is 0.0511. The molecule has 1 aromatic carbocycles. The van der Waals surface area contributed by atoms with Gasteiger partial charge in [-0.1, -0.05) is 34.1 Å². The number of nitrogens with one attached hydrogen (secondary N) is 1. The number of benzene rings is 1. The average Bonchev–Trinajstić information content (AvgIpc) is 3.51. The van der Waals surface area contributed by atoms with Gasteiger partial charge in [0, 0.05) is 18.4 Å². The van der Waals surface area contributed by atoms with E-state index >= 15 is 8.78 Å². The molecule has 2 amide bonds. The number of hydrogen-bond acceptors (Lipinski definition) is 7. The van der Waals surface area contributed by atoms with Crippen molar-refractivity contribution >= 4 is 28.8 Å². The number of carbonyl (C=O) groups excluding carboxylic acids is 3. The van der Waals surface area contributed by atoms with E-state index in [4.69, 9.17) is 9.47 Å². The van der Waals surface area contributed by atoms with Crippen LogP contribution in [-0.4, -0.2) is 63.5 Å². The van der Waals surface area contributed by atoms with Crippen molar-refractivity contribution in [2.24, 2.45) is 29.1 Å². The van der Waals surface area contributed by atoms with Crippen LogP contribution in [0.4, 0.5) is 18.0 Å². The highest BCUT2D eigenvalue weighted by Crippen LogP contribution is 2.58. The number of fused-ring (bicyclic) bond motifs is 7. The number of alkyl carbamates (subject to hydrolysis) is 1. The number of ketones is 1. The van der Waals surface area contributed by atoms with Gasteiger partial charge in [0.15, 0.2) is 11.5 Å². The van der Waals surface area contributed by atoms with Gasteiger partial charge in [0.2, 0.25) is 11.8 Å². The highest BCUT2D eigenvalue weighted by atomic mass is 19.3. The van der Waals surface area contributed by atoms with Gasteiger partial charge in [0.05, 0.1) is 23.6 Å². The Balaban J connectivity index is 1.41. The molecule has 45 heavy (non-hydrogen) atoms. The van der Waals surface area contributed by atoms with Crippen LogP contribution in [0, 0.1) is 34.9 Å². The van der Waals surface area contributed by atoms with Crippen molar-refractivity contribution in [2.45, 2.75) is 103 Å². The van der Waals surface area contributed by atoms with Crippen LogP contribution in [0.2, 0.25) is 0 Å². The quantitative estimate of drug-likeness (QED) is 0.425. The first kappa shape index (κ1) is 31.5. The zero-order valence-corrected chi connectivity index (χ0v) is 26.3. The second-order valence-electron chi connectivity index (χ2n) is 14.5. The lowest BCUT2D eigenvalue weighted by Crippen LogP contribution is -2.57. The van der Waals surface area contributed by atoms with Gasteiger partial charge in [0.1, 0.15) is 24.1 Å². The van der Waals surface area contributed by atoms with Crippen LogP contribution in [0.5, 0.6) is 5.88 Å². The topological polar surface area (TPSA) is 111 Å². The molecule has 1 saturated heterocycles. The normalized spacial score (nSPS) is 33.6. The largest absolute Gasteiger partial charge is 0.471 e. The summed E-state index contributed by atoms with van der Waals surface area (Å²) in [7, 11) is 0. The Morgan fingerprint density at radius 2 is 1.80 bits per heavy atom. The Labute approximate surface area is 260 Å². The zero-order chi connectivity index (χ0) is 32.4. The molecule has 4 aliphatic rings. The van der Waals surface area contributed by atoms with Crippen molar-refractivity contribution in [3.63, 3.8) is 0 Å². The summed E-state index contributed by atoms with van der Waals surface area (Å²) in [5.41, 5.74) is -1.24. The Bertz CT molecular complexity index is 1510. The number of aromatic nitrogens is 2. The number of carbonyl (C=O) groups is 3. The monoisotopic (exact) mass is 630 g/mol. The number of rotatable bonds is 1. The smallest absolute Gasteiger partial charge is 0.408 e. The van der Waals surface area contributed by atoms with Crippen LogP contribution in [-0.2, 0) is 20.2 Å². The minimum Gasteiger partial charge on any atom is -0.471 e. The first-order chi connectivity index (χ1) is 21.1. The molecule has 12 heteroatoms. The van der Waals surface area contributed by atoms with Gasteiger partial charge in [-0.15, -0.1) is 0 Å². The highest BCUT2D eigenvalue weighted by Gasteiger charge is 2.55. The molecule has 9 nitrogen and oxygen atoms in total. The van der Waals surface area contributed by atoms with Crippen LogP contribution >= 0.6 is 0 Å². The Morgan fingerprint density at radius 1 is 1.04 bits per heavy atom. The molecule has 2 bridgehead atoms. The van der Waals surface area contributed by atoms with E-state index in [0.29, 0.717) is 24.7 Å². The first-order valence-corrected chi connectivity index (χ1v) is 15.9. The standard InChI is InChI=1S/C33H41F3N4O5/c1-16-25-15-40(26(16)17(2)41)30(42)28(32(3,4)5)39-31(43)45-24-13-18-12-21(18)20(24)8-6-7-11-33(35,36)27-29(44-25)38-23-14-19(34)9-10-22(23)37-27/h9-10,14,16,18,20-21,24-26,28H,6-8,11-13,15H2,1-5H3,(H,39,43)/t16-,18?,20-,21?,24-,25+,26+,28-/m1/s1. The maximum absolute atomic E-state index is 16.0. The van der Waals surface area contributed by atoms with Crippen molar-refractivity contribution < 1.29 is 37.0 Å². The summed E-state index contributed by atoms with van der Waals surface area (Å²) >= 11 is 0. The van der Waals surface area contributed by atoms with Crippen LogP contribution < -0.4 is 10.1 Å². The van der Waals surface area contributed by atoms with E-state index in [1.165, 1.54) is 17.9 Å². The summed E-state index contributed by atoms with van der Waals surface area (Å²) in [6, 6.07) is 1.57. The molecule has 6 rings (SSSR count). The van der Waals surface area contributed by atoms with Crippen molar-refractivity contribution in [1.29, 1.82) is 0 Å². The zero-order valence-electron chi connectivity index (χ0n) is 26.3. The third-order valence-corrected chi connectivity index (χ3v) is 10.2. The van der Waals surface area contributed by atoms with Crippen LogP contribution in [0.15, 0.2) is 18.2 Å². The molecule has 1 aromatic heterocycles. The second-order valence-corrected chi connectivity index (χ2v) is 14.5. The van der Waals surface area contributed by atoms with Gasteiger partial charge in [-0.25, -0.2) is 19.2 Å². The minimum atomic E-state index is -3.42. The van der Waals surface area contributed by atoms with Gasteiger partial charge in [-0.05, 0) is 67.9 Å². The summed E-state index contributed by atoms with van der Waals surface area (Å²) < 4.78 is 58.1. The number of amides is 2. The average molecular weight is 631 g/mol. The van der Waals surface area contributed by atoms with Crippen LogP contribution in [0.3, 0.4) is 0 Å². The van der Waals surface area contributed by atoms with E-state index in [2.05, 4.69) is 15.3 Å². The molecular formula is C33H41F3N4O5. The summed E-state index contributed by atoms with van der Waals surface area (Å²) in [6.45, 7) is 8.38. The first-order valence-electron chi connectivity index (χ1n) is 15.9. The molecule has 3 fully saturated rings. The van der Waals surface area contributed by atoms with Crippen molar-refractivity contribution in [3.05, 3.63) is 29.7 Å². The SMILES string of the molecule is CC(=O)[C@@H]1[C@H](C)[C@@H]2CN1C(=O)[C@H](C(C)(C)C)NC(=O)O[C@@H]1CC3CC3[C@H]1CCCCC(F)(F)c1nc3ccc(F)cc3nc1O2. The molecule has 2 saturated carbocycles. The lowest BCUT2D eigenvalue weighted by atomic mass is 9.85. The summed E-state index contributed by atoms with van der Waals surface area (Å²) in [4.78, 5) is 50.2. The fourth-order valence-corrected chi connectivity index (χ4v) is 7.70. The van der Waals surface area contributed by atoms with E-state index in [1.54, 1.807) is 6.92 Å². The maximum Gasteiger partial charge on any atom is 0.408 e. The van der Waals surface area contributed by atoms with Gasteiger partial charge in [-0.2, -0.15) is 8.78 Å². The van der Waals surface area contributed by atoms with Gasteiger partial charge < -0.3 is 19.7 Å². The van der Waals surface area contributed by atoms with Gasteiger partial charge >= 0.3 is 6.09 Å². The van der Waals surface area contributed by atoms with Crippen LogP contribution in [0.1, 0.15) is 78.8 Å². The van der Waals surface area contributed by atoms with Crippen LogP contribution in [0.25, 0.3) is 11.0 Å². The fraction of sp³-hybridized carbons (Fsp3) is 0.667. The van der Waals surface area contributed by atoms with E-state index in [1.807, 2.05) is 20.8 Å². The molecule has 2 aliphatic heterocycles. The molecule has 244 valence electrons. The number of nitrogens with zero attached hydrogens (tertiary/aromatic N) is 3. The third-order valence-electron chi connectivity index (χ3n) is 10.2. The summed E-state index contributed by atoms with van der Waals surface area (Å²) in [6.07, 6.45) is 0.636. The lowest BCUT2D eigenvalue weighted by Gasteiger charge is -2.35. The number of halogens is 3. The summed E-state index contributed by atoms with van der Waals surface area (Å²) in [5, 5.41) is 2.80. The number of ether oxygens (including phenoxy) is 2. The highest BCUT2D eigenvalue weighted by molar-refractivity contribution is 5.92. The Morgan fingerprint density at radius 3 is 2.51 bits per heavy atom. The van der Waals surface area contributed by atoms with Crippen molar-refractivity contribution in [1.82, 2.24) is 20.2 Å². The Kier molecular flexibility index (Phi) is 8.00. The molecule has 2 aliphatic carbocycles. The number of Topliss-reactive ketones (excluding diaryl/α,β-unsaturated/α-hetero) is 1. The maximum atomic E-state index is 16.0. The predicted octanol–water partition coefficient (Wildman–Crippen LogP) is 5.78. The molecule has 3 heterocycles. The molecule has 2 unspecified atom stereocenters. The summed E-state index contributed by atoms with van der Waals surface area (Å²) in [5.74, 6) is -4.96.